The molecule has 8 aromatic rings. The van der Waals surface area contributed by atoms with E-state index in [1.165, 1.54) is 36.0 Å². The number of hydrogen-bond acceptors (Lipinski definition) is 23. The maximum atomic E-state index is 13.0. The number of carboxylic acid groups (broad SMARTS) is 1. The lowest BCUT2D eigenvalue weighted by molar-refractivity contribution is -0.140. The number of rotatable bonds is 19. The number of thioether (sulfide) groups is 4. The molecule has 4 aromatic carbocycles. The van der Waals surface area contributed by atoms with E-state index < -0.39 is 67.9 Å². The summed E-state index contributed by atoms with van der Waals surface area (Å²) in [4.78, 5) is 76.3. The van der Waals surface area contributed by atoms with E-state index in [2.05, 4.69) is 5.32 Å². The van der Waals surface area contributed by atoms with E-state index in [-0.39, 0.29) is 48.2 Å². The number of furan rings is 4. The van der Waals surface area contributed by atoms with Crippen LogP contribution in [0.3, 0.4) is 0 Å². The first-order valence-electron chi connectivity index (χ1n) is 29.6. The van der Waals surface area contributed by atoms with Gasteiger partial charge in [-0.05, 0) is 123 Å². The Balaban J connectivity index is 0.000000160. The van der Waals surface area contributed by atoms with Crippen molar-refractivity contribution < 1.29 is 86.6 Å². The van der Waals surface area contributed by atoms with Crippen LogP contribution in [0.4, 0.5) is 4.39 Å². The van der Waals surface area contributed by atoms with Crippen molar-refractivity contribution >= 4 is 228 Å². The maximum absolute atomic E-state index is 13.0. The number of ether oxygens (including phenoxy) is 1. The van der Waals surface area contributed by atoms with Gasteiger partial charge in [0, 0.05) is 59.6 Å². The SMILES string of the molecule is CCCOC(=O)c1cc(-c2ccc(/C=C3\SC(=S)NC3=O)o2)ccc1Cl.Cc1ccc(-c2ccc(/C=C3\SC(=S)N(CC(=O)O)C3=O)o2)cc1.O=C1/C(=C/c2ccc(-c3ccc(F)cc3)o2)SC(=S)N1CCS(=O)(=O)O.O=C1/C(=C\c2ccc(-c3ccc(Cl)c(Cl)c3)o2)SC(=S)N1CCS(=O)(=O)O. The van der Waals surface area contributed by atoms with Crippen molar-refractivity contribution in [3.05, 3.63) is 208 Å². The molecule has 0 aliphatic carbocycles. The van der Waals surface area contributed by atoms with Crippen LogP contribution >= 0.6 is 131 Å². The molecule has 4 N–H and O–H groups in total. The lowest BCUT2D eigenvalue weighted by atomic mass is 10.1. The summed E-state index contributed by atoms with van der Waals surface area (Å²) >= 11 is 42.5. The third-order valence-corrected chi connectivity index (χ3v) is 21.6. The van der Waals surface area contributed by atoms with Crippen molar-refractivity contribution in [2.75, 3.05) is 37.7 Å². The van der Waals surface area contributed by atoms with Gasteiger partial charge in [0.1, 0.15) is 75.7 Å². The molecule has 0 bridgehead atoms. The Labute approximate surface area is 640 Å². The summed E-state index contributed by atoms with van der Waals surface area (Å²) in [7, 11) is -8.38. The number of nitrogens with zero attached hydrogens (tertiary/aromatic N) is 3. The molecule has 103 heavy (non-hydrogen) atoms. The largest absolute Gasteiger partial charge is 0.480 e. The van der Waals surface area contributed by atoms with E-state index in [0.29, 0.717) is 97.9 Å². The van der Waals surface area contributed by atoms with E-state index >= 15 is 0 Å². The summed E-state index contributed by atoms with van der Waals surface area (Å²) in [6.45, 7) is 3.39. The minimum absolute atomic E-state index is 0.204. The molecule has 4 aromatic heterocycles. The fraction of sp³-hybridized carbons (Fsp3) is 0.134. The fourth-order valence-electron chi connectivity index (χ4n) is 8.94. The van der Waals surface area contributed by atoms with Crippen LogP contribution in [-0.2, 0) is 48.9 Å². The molecule has 4 aliphatic heterocycles. The summed E-state index contributed by atoms with van der Waals surface area (Å²) < 4.78 is 103. The molecule has 0 saturated carbocycles. The van der Waals surface area contributed by atoms with Gasteiger partial charge in [0.25, 0.3) is 43.9 Å². The molecule has 8 heterocycles. The Hall–Kier alpha value is -7.84. The second kappa shape index (κ2) is 35.3. The lowest BCUT2D eigenvalue weighted by Gasteiger charge is -2.12. The van der Waals surface area contributed by atoms with E-state index in [0.717, 1.165) is 73.1 Å². The van der Waals surface area contributed by atoms with Gasteiger partial charge in [-0.15, -0.1) is 0 Å². The summed E-state index contributed by atoms with van der Waals surface area (Å²) in [6, 6.07) is 37.6. The van der Waals surface area contributed by atoms with Gasteiger partial charge in [0.2, 0.25) is 0 Å². The highest BCUT2D eigenvalue weighted by atomic mass is 35.5. The van der Waals surface area contributed by atoms with E-state index in [1.807, 2.05) is 44.2 Å². The monoisotopic (exact) mass is 1640 g/mol. The Morgan fingerprint density at radius 3 is 1.33 bits per heavy atom. The first kappa shape index (κ1) is 79.3. The maximum Gasteiger partial charge on any atom is 0.339 e. The van der Waals surface area contributed by atoms with Gasteiger partial charge >= 0.3 is 11.9 Å². The molecule has 22 nitrogen and oxygen atoms in total. The Bertz CT molecular complexity index is 5090. The molecule has 36 heteroatoms. The number of thiocarbonyl (C=S) groups is 4. The predicted octanol–water partition coefficient (Wildman–Crippen LogP) is 15.7. The third kappa shape index (κ3) is 22.1. The number of amides is 4. The quantitative estimate of drug-likeness (QED) is 0.0253. The number of hydrogen-bond donors (Lipinski definition) is 4. The smallest absolute Gasteiger partial charge is 0.339 e. The lowest BCUT2D eigenvalue weighted by Crippen LogP contribution is -2.33. The number of carbonyl (C=O) groups excluding carboxylic acids is 5. The van der Waals surface area contributed by atoms with Gasteiger partial charge in [-0.3, -0.25) is 47.8 Å². The Morgan fingerprint density at radius 1 is 0.534 bits per heavy atom. The van der Waals surface area contributed by atoms with Crippen molar-refractivity contribution in [2.45, 2.75) is 20.3 Å². The van der Waals surface area contributed by atoms with Crippen LogP contribution in [0.15, 0.2) is 171 Å². The molecule has 0 radical (unpaired) electrons. The Kier molecular flexibility index (Phi) is 27.2. The van der Waals surface area contributed by atoms with Gasteiger partial charge in [0.15, 0.2) is 0 Å². The standard InChI is InChI=1S/C18H14ClNO4S2.C17H13NO4S2.C16H11Cl2NO5S3.C16H12FNO5S3/c1-2-7-23-17(22)12-8-10(3-5-13(12)19)14-6-4-11(24-14)9-15-16(21)20-18(25)26-15;1-10-2-4-11(5-3-10)13-7-6-12(22-13)8-14-16(21)18(9-15(19)20)17(23)24-14;17-11-3-1-9(7-12(11)18)13-4-2-10(24-13)8-14-15(20)19(16(25)26-14)5-6-27(21,22)23;17-11-3-1-10(2-4-11)13-6-5-12(23-13)9-14-15(19)18(16(24)25-14)7-8-26(20,21)22/h3-6,8-9H,2,7H2,1H3,(H,20,21,25);2-8H,9H2,1H3,(H,19,20);1-4,7-8H,5-6H2,(H,21,22,23);1-6,9H,7-8H2,(H,20,21,22)/b15-9-;14-8-;14-8+;14-9-. The van der Waals surface area contributed by atoms with Crippen LogP contribution in [0.1, 0.15) is 52.3 Å². The van der Waals surface area contributed by atoms with Crippen molar-refractivity contribution in [1.82, 2.24) is 20.0 Å². The van der Waals surface area contributed by atoms with Crippen LogP contribution in [0.5, 0.6) is 0 Å². The summed E-state index contributed by atoms with van der Waals surface area (Å²) in [6.07, 6.45) is 6.95. The number of benzene rings is 4. The molecule has 4 fully saturated rings. The van der Waals surface area contributed by atoms with E-state index in [9.17, 15) is 50.0 Å². The molecule has 4 amide bonds. The molecule has 4 aliphatic rings. The molecule has 4 saturated heterocycles. The minimum atomic E-state index is -4.19. The molecular weight excluding hydrogens is 1590 g/mol. The highest BCUT2D eigenvalue weighted by Gasteiger charge is 2.36. The van der Waals surface area contributed by atoms with Gasteiger partial charge in [-0.2, -0.15) is 16.8 Å². The van der Waals surface area contributed by atoms with Crippen LogP contribution in [-0.4, -0.2) is 136 Å². The van der Waals surface area contributed by atoms with Crippen molar-refractivity contribution in [3.63, 3.8) is 0 Å². The van der Waals surface area contributed by atoms with E-state index in [4.69, 9.17) is 120 Å². The molecule has 0 spiro atoms. The zero-order chi connectivity index (χ0) is 74.6. The average molecular weight is 1650 g/mol. The zero-order valence-electron chi connectivity index (χ0n) is 52.9. The van der Waals surface area contributed by atoms with Gasteiger partial charge in [-0.1, -0.05) is 167 Å². The summed E-state index contributed by atoms with van der Waals surface area (Å²) in [5, 5.41) is 12.5. The van der Waals surface area contributed by atoms with Gasteiger partial charge in [-0.25, -0.2) is 9.18 Å². The van der Waals surface area contributed by atoms with Crippen molar-refractivity contribution in [1.29, 1.82) is 0 Å². The topological polar surface area (TPSA) is 315 Å². The number of carbonyl (C=O) groups is 6. The van der Waals surface area contributed by atoms with Crippen LogP contribution in [0, 0.1) is 12.7 Å². The number of aryl methyl sites for hydroxylation is 1. The highest BCUT2D eigenvalue weighted by molar-refractivity contribution is 8.28. The summed E-state index contributed by atoms with van der Waals surface area (Å²) in [5.41, 5.74) is 4.48. The molecule has 0 unspecified atom stereocenters. The fourth-order valence-corrected chi connectivity index (χ4v) is 15.1. The number of carboxylic acids is 1. The molecular formula is C67H50Cl3FN4O18S10. The van der Waals surface area contributed by atoms with Crippen LogP contribution in [0.25, 0.3) is 69.6 Å². The molecule has 0 atom stereocenters. The highest BCUT2D eigenvalue weighted by Crippen LogP contribution is 2.38. The second-order valence-corrected chi connectivity index (χ2v) is 32.5. The van der Waals surface area contributed by atoms with Crippen molar-refractivity contribution in [3.8, 4) is 45.3 Å². The predicted molar refractivity (Wildman–Crippen MR) is 413 cm³/mol. The normalized spacial score (nSPS) is 16.2. The Morgan fingerprint density at radius 2 is 0.922 bits per heavy atom. The number of aliphatic carboxylic acids is 1. The summed E-state index contributed by atoms with van der Waals surface area (Å²) in [5.74, 6) is -0.528. The zero-order valence-corrected chi connectivity index (χ0v) is 63.3. The number of esters is 1. The van der Waals surface area contributed by atoms with Crippen LogP contribution in [0.2, 0.25) is 15.1 Å². The molecule has 12 rings (SSSR count). The number of halogens is 4. The first-order chi connectivity index (χ1) is 48.8. The molecule has 534 valence electrons. The van der Waals surface area contributed by atoms with Gasteiger partial charge in [0.05, 0.1) is 58.4 Å². The van der Waals surface area contributed by atoms with Crippen molar-refractivity contribution in [2.24, 2.45) is 0 Å². The van der Waals surface area contributed by atoms with Gasteiger partial charge < -0.3 is 32.8 Å². The second-order valence-electron chi connectivity index (χ2n) is 21.4. The van der Waals surface area contributed by atoms with E-state index in [1.54, 1.807) is 103 Å². The average Bonchev–Trinajstić information content (AvgIpc) is 1.74. The number of nitrogens with one attached hydrogen (secondary N) is 1. The van der Waals surface area contributed by atoms with Crippen LogP contribution < -0.4 is 5.32 Å². The first-order valence-corrected chi connectivity index (χ1v) is 38.8. The third-order valence-electron chi connectivity index (χ3n) is 13.9. The minimum Gasteiger partial charge on any atom is -0.480 e.